The van der Waals surface area contributed by atoms with Gasteiger partial charge in [-0.05, 0) is 30.5 Å². The number of phenols is 1. The van der Waals surface area contributed by atoms with Crippen molar-refractivity contribution in [3.63, 3.8) is 0 Å². The van der Waals surface area contributed by atoms with Crippen molar-refractivity contribution in [2.24, 2.45) is 0 Å². The van der Waals surface area contributed by atoms with E-state index in [9.17, 15) is 27.8 Å². The molecule has 0 aliphatic carbocycles. The topological polar surface area (TPSA) is 116 Å². The molecule has 1 atom stereocenters. The van der Waals surface area contributed by atoms with Crippen LogP contribution in [0.15, 0.2) is 24.3 Å². The van der Waals surface area contributed by atoms with Crippen LogP contribution in [-0.2, 0) is 15.0 Å². The molecule has 2 aromatic carbocycles. The number of carbonyl (C=O) groups is 1. The molecule has 0 radical (unpaired) electrons. The Bertz CT molecular complexity index is 976. The summed E-state index contributed by atoms with van der Waals surface area (Å²) >= 11 is 0. The third-order valence-corrected chi connectivity index (χ3v) is 5.26. The fourth-order valence-corrected chi connectivity index (χ4v) is 3.79. The Labute approximate surface area is 149 Å². The number of phenolic OH excluding ortho intramolecular Hbond substituents is 1. The minimum Gasteiger partial charge on any atom is -0.506 e. The van der Waals surface area contributed by atoms with Gasteiger partial charge in [0.15, 0.2) is 5.82 Å². The molecular weight excluding hydrogens is 367 g/mol. The molecule has 8 nitrogen and oxygen atoms in total. The van der Waals surface area contributed by atoms with E-state index >= 15 is 0 Å². The summed E-state index contributed by atoms with van der Waals surface area (Å²) in [6, 6.07) is 5.67. The van der Waals surface area contributed by atoms with Gasteiger partial charge in [0, 0.05) is 11.8 Å². The highest BCUT2D eigenvalue weighted by Gasteiger charge is 2.37. The number of hydrogen-bond donors (Lipinski definition) is 3. The van der Waals surface area contributed by atoms with Gasteiger partial charge in [-0.2, -0.15) is 8.42 Å². The predicted octanol–water partition coefficient (Wildman–Crippen LogP) is 1.02. The van der Waals surface area contributed by atoms with Crippen molar-refractivity contribution in [1.82, 2.24) is 4.72 Å². The minimum absolute atomic E-state index is 0.0295. The Morgan fingerprint density at radius 3 is 2.73 bits per heavy atom. The van der Waals surface area contributed by atoms with E-state index in [0.717, 1.165) is 0 Å². The molecule has 140 valence electrons. The standard InChI is InChI=1S/C16H17FN2O6S/c1-9(20)4-5-25-11-3-2-10-6-13(21)16(15(17)12(10)7-11)19-8-14(22)18-26(19,23)24/h2-3,6-7,9,20-21H,4-5,8H2,1H3,(H,18,22)/t9-/m0/s1. The van der Waals surface area contributed by atoms with Crippen molar-refractivity contribution in [3.8, 4) is 11.5 Å². The van der Waals surface area contributed by atoms with E-state index in [1.165, 1.54) is 18.2 Å². The van der Waals surface area contributed by atoms with Crippen molar-refractivity contribution in [3.05, 3.63) is 30.1 Å². The zero-order valence-corrected chi connectivity index (χ0v) is 14.6. The zero-order chi connectivity index (χ0) is 19.1. The largest absolute Gasteiger partial charge is 0.506 e. The monoisotopic (exact) mass is 384 g/mol. The van der Waals surface area contributed by atoms with Crippen LogP contribution >= 0.6 is 0 Å². The summed E-state index contributed by atoms with van der Waals surface area (Å²) < 4.78 is 46.5. The van der Waals surface area contributed by atoms with E-state index in [1.807, 2.05) is 0 Å². The Hall–Kier alpha value is -2.59. The Morgan fingerprint density at radius 2 is 2.12 bits per heavy atom. The average Bonchev–Trinajstić information content (AvgIpc) is 2.80. The van der Waals surface area contributed by atoms with Crippen molar-refractivity contribution >= 4 is 32.6 Å². The van der Waals surface area contributed by atoms with Crippen molar-refractivity contribution in [2.75, 3.05) is 17.5 Å². The summed E-state index contributed by atoms with van der Waals surface area (Å²) in [6.45, 7) is 1.21. The molecule has 1 fully saturated rings. The fraction of sp³-hybridized carbons (Fsp3) is 0.312. The second kappa shape index (κ2) is 6.61. The molecule has 1 aliphatic rings. The fourth-order valence-electron chi connectivity index (χ4n) is 2.63. The number of aromatic hydroxyl groups is 1. The molecule has 26 heavy (non-hydrogen) atoms. The Kier molecular flexibility index (Phi) is 4.63. The number of halogens is 1. The second-order valence-electron chi connectivity index (χ2n) is 5.96. The lowest BCUT2D eigenvalue weighted by Crippen LogP contribution is -2.30. The summed E-state index contributed by atoms with van der Waals surface area (Å²) in [6.07, 6.45) is -0.151. The molecule has 0 unspecified atom stereocenters. The highest BCUT2D eigenvalue weighted by Crippen LogP contribution is 2.39. The first-order chi connectivity index (χ1) is 12.2. The smallest absolute Gasteiger partial charge is 0.326 e. The van der Waals surface area contributed by atoms with Gasteiger partial charge in [0.1, 0.15) is 23.7 Å². The van der Waals surface area contributed by atoms with E-state index in [4.69, 9.17) is 4.74 Å². The summed E-state index contributed by atoms with van der Waals surface area (Å²) in [5.41, 5.74) is -0.600. The van der Waals surface area contributed by atoms with Gasteiger partial charge >= 0.3 is 10.2 Å². The molecule has 10 heteroatoms. The number of aliphatic hydroxyl groups excluding tert-OH is 1. The normalized spacial score (nSPS) is 17.3. The Morgan fingerprint density at radius 1 is 1.38 bits per heavy atom. The van der Waals surface area contributed by atoms with Crippen LogP contribution < -0.4 is 13.8 Å². The van der Waals surface area contributed by atoms with E-state index in [2.05, 4.69) is 0 Å². The van der Waals surface area contributed by atoms with Crippen molar-refractivity contribution in [1.29, 1.82) is 0 Å². The number of nitrogens with one attached hydrogen (secondary N) is 1. The molecule has 2 aromatic rings. The van der Waals surface area contributed by atoms with Gasteiger partial charge < -0.3 is 14.9 Å². The summed E-state index contributed by atoms with van der Waals surface area (Å²) in [4.78, 5) is 11.4. The van der Waals surface area contributed by atoms with Crippen LogP contribution in [0.5, 0.6) is 11.5 Å². The lowest BCUT2D eigenvalue weighted by atomic mass is 10.1. The van der Waals surface area contributed by atoms with Crippen LogP contribution in [-0.4, -0.2) is 43.8 Å². The van der Waals surface area contributed by atoms with Crippen LogP contribution in [0.25, 0.3) is 10.8 Å². The van der Waals surface area contributed by atoms with Gasteiger partial charge in [-0.25, -0.2) is 13.4 Å². The molecule has 1 saturated heterocycles. The maximum Gasteiger partial charge on any atom is 0.326 e. The van der Waals surface area contributed by atoms with Gasteiger partial charge in [-0.15, -0.1) is 0 Å². The number of fused-ring (bicyclic) bond motifs is 1. The minimum atomic E-state index is -4.26. The first-order valence-corrected chi connectivity index (χ1v) is 9.22. The maximum absolute atomic E-state index is 15.0. The number of anilines is 1. The van der Waals surface area contributed by atoms with E-state index in [-0.39, 0.29) is 12.0 Å². The summed E-state index contributed by atoms with van der Waals surface area (Å²) in [5.74, 6) is -2.08. The van der Waals surface area contributed by atoms with E-state index in [0.29, 0.717) is 21.9 Å². The number of hydrogen-bond acceptors (Lipinski definition) is 6. The number of aliphatic hydroxyl groups is 1. The van der Waals surface area contributed by atoms with E-state index < -0.39 is 46.0 Å². The molecule has 3 rings (SSSR count). The van der Waals surface area contributed by atoms with Crippen molar-refractivity contribution < 1.29 is 32.6 Å². The summed E-state index contributed by atoms with van der Waals surface area (Å²) in [7, 11) is -4.26. The van der Waals surface area contributed by atoms with Gasteiger partial charge in [0.25, 0.3) is 5.91 Å². The molecular formula is C16H17FN2O6S. The molecule has 1 heterocycles. The Balaban J connectivity index is 2.04. The highest BCUT2D eigenvalue weighted by atomic mass is 32.2. The molecule has 1 amide bonds. The second-order valence-corrected chi connectivity index (χ2v) is 7.56. The van der Waals surface area contributed by atoms with Gasteiger partial charge in [0.2, 0.25) is 0 Å². The number of amides is 1. The van der Waals surface area contributed by atoms with Crippen LogP contribution in [0, 0.1) is 5.82 Å². The number of ether oxygens (including phenoxy) is 1. The van der Waals surface area contributed by atoms with Crippen LogP contribution in [0.4, 0.5) is 10.1 Å². The molecule has 1 aliphatic heterocycles. The van der Waals surface area contributed by atoms with Crippen LogP contribution in [0.2, 0.25) is 0 Å². The summed E-state index contributed by atoms with van der Waals surface area (Å²) in [5, 5.41) is 19.7. The lowest BCUT2D eigenvalue weighted by Gasteiger charge is -2.18. The van der Waals surface area contributed by atoms with Gasteiger partial charge in [-0.1, -0.05) is 6.07 Å². The van der Waals surface area contributed by atoms with Gasteiger partial charge in [0.05, 0.1) is 12.7 Å². The SMILES string of the molecule is C[C@H](O)CCOc1ccc2cc(O)c(N3CC(=O)NS3(=O)=O)c(F)c2c1. The van der Waals surface area contributed by atoms with Crippen LogP contribution in [0.3, 0.4) is 0 Å². The third-order valence-electron chi connectivity index (χ3n) is 3.88. The molecule has 3 N–H and O–H groups in total. The van der Waals surface area contributed by atoms with Gasteiger partial charge in [-0.3, -0.25) is 4.79 Å². The van der Waals surface area contributed by atoms with Crippen LogP contribution in [0.1, 0.15) is 13.3 Å². The van der Waals surface area contributed by atoms with E-state index in [1.54, 1.807) is 17.7 Å². The van der Waals surface area contributed by atoms with Crippen molar-refractivity contribution in [2.45, 2.75) is 19.4 Å². The lowest BCUT2D eigenvalue weighted by molar-refractivity contribution is -0.117. The molecule has 0 spiro atoms. The predicted molar refractivity (Wildman–Crippen MR) is 91.8 cm³/mol. The number of rotatable bonds is 5. The maximum atomic E-state index is 15.0. The number of nitrogens with zero attached hydrogens (tertiary/aromatic N) is 1. The highest BCUT2D eigenvalue weighted by molar-refractivity contribution is 7.92. The first kappa shape index (κ1) is 18.2. The molecule has 0 aromatic heterocycles. The average molecular weight is 384 g/mol. The zero-order valence-electron chi connectivity index (χ0n) is 13.8. The third kappa shape index (κ3) is 3.37. The quantitative estimate of drug-likeness (QED) is 0.709. The molecule has 0 saturated carbocycles. The first-order valence-electron chi connectivity index (χ1n) is 7.78. The molecule has 0 bridgehead atoms. The number of benzene rings is 2. The number of carbonyl (C=O) groups excluding carboxylic acids is 1.